The molecule has 2 rings (SSSR count). The van der Waals surface area contributed by atoms with E-state index < -0.39 is 0 Å². The first-order valence-corrected chi connectivity index (χ1v) is 5.49. The minimum Gasteiger partial charge on any atom is -0.508 e. The van der Waals surface area contributed by atoms with Gasteiger partial charge >= 0.3 is 0 Å². The number of rotatable bonds is 2. The number of hydrogen-bond acceptors (Lipinski definition) is 2. The van der Waals surface area contributed by atoms with E-state index >= 15 is 0 Å². The summed E-state index contributed by atoms with van der Waals surface area (Å²) in [4.78, 5) is 0. The largest absolute Gasteiger partial charge is 0.508 e. The van der Waals surface area contributed by atoms with Gasteiger partial charge in [0.05, 0.1) is 6.61 Å². The van der Waals surface area contributed by atoms with Crippen LogP contribution in [0.5, 0.6) is 5.75 Å². The van der Waals surface area contributed by atoms with Gasteiger partial charge in [-0.2, -0.15) is 0 Å². The minimum atomic E-state index is 0.000509. The maximum atomic E-state index is 9.92. The molecule has 0 amide bonds. The summed E-state index contributed by atoms with van der Waals surface area (Å²) in [6, 6.07) is 9.43. The fourth-order valence-corrected chi connectivity index (χ4v) is 2.19. The summed E-state index contributed by atoms with van der Waals surface area (Å²) in [7, 11) is 0. The minimum absolute atomic E-state index is 0.000509. The third-order valence-electron chi connectivity index (χ3n) is 2.90. The third kappa shape index (κ3) is 1.65. The number of aromatic hydroxyl groups is 1. The second-order valence-electron chi connectivity index (χ2n) is 4.33. The van der Waals surface area contributed by atoms with E-state index in [1.807, 2.05) is 38.1 Å². The molecule has 0 spiro atoms. The van der Waals surface area contributed by atoms with Crippen LogP contribution < -0.4 is 0 Å². The summed E-state index contributed by atoms with van der Waals surface area (Å²) >= 11 is 0. The molecule has 16 heavy (non-hydrogen) atoms. The van der Waals surface area contributed by atoms with Gasteiger partial charge < -0.3 is 10.2 Å². The summed E-state index contributed by atoms with van der Waals surface area (Å²) in [5, 5.41) is 21.3. The van der Waals surface area contributed by atoms with E-state index in [-0.39, 0.29) is 12.5 Å². The Morgan fingerprint density at radius 3 is 2.50 bits per heavy atom. The van der Waals surface area contributed by atoms with E-state index in [2.05, 4.69) is 0 Å². The first kappa shape index (κ1) is 11.0. The molecule has 0 aliphatic carbocycles. The van der Waals surface area contributed by atoms with Crippen LogP contribution >= 0.6 is 0 Å². The summed E-state index contributed by atoms with van der Waals surface area (Å²) in [6.07, 6.45) is 0. The van der Waals surface area contributed by atoms with Crippen LogP contribution in [-0.2, 0) is 6.61 Å². The Kier molecular flexibility index (Phi) is 2.84. The molecule has 0 unspecified atom stereocenters. The molecule has 2 N–H and O–H groups in total. The predicted octanol–water partition coefficient (Wildman–Crippen LogP) is 3.16. The van der Waals surface area contributed by atoms with E-state index in [1.165, 1.54) is 0 Å². The van der Waals surface area contributed by atoms with Gasteiger partial charge in [0, 0.05) is 5.56 Å². The Balaban J connectivity index is 2.88. The van der Waals surface area contributed by atoms with Gasteiger partial charge in [-0.25, -0.2) is 0 Å². The molecule has 0 aliphatic heterocycles. The van der Waals surface area contributed by atoms with Crippen molar-refractivity contribution in [3.8, 4) is 5.75 Å². The molecule has 0 radical (unpaired) electrons. The Labute approximate surface area is 95.2 Å². The summed E-state index contributed by atoms with van der Waals surface area (Å²) in [5.74, 6) is 0.541. The van der Waals surface area contributed by atoms with Crippen molar-refractivity contribution in [1.29, 1.82) is 0 Å². The van der Waals surface area contributed by atoms with Crippen molar-refractivity contribution >= 4 is 10.8 Å². The van der Waals surface area contributed by atoms with Gasteiger partial charge in [0.2, 0.25) is 0 Å². The maximum Gasteiger partial charge on any atom is 0.119 e. The lowest BCUT2D eigenvalue weighted by Gasteiger charge is -2.14. The topological polar surface area (TPSA) is 40.5 Å². The van der Waals surface area contributed by atoms with Gasteiger partial charge in [0.1, 0.15) is 5.75 Å². The number of aliphatic hydroxyl groups excluding tert-OH is 1. The van der Waals surface area contributed by atoms with Crippen LogP contribution in [0.1, 0.15) is 30.9 Å². The molecule has 0 aliphatic rings. The van der Waals surface area contributed by atoms with E-state index in [4.69, 9.17) is 0 Å². The summed E-state index contributed by atoms with van der Waals surface area (Å²) in [6.45, 7) is 4.09. The highest BCUT2D eigenvalue weighted by Crippen LogP contribution is 2.35. The zero-order chi connectivity index (χ0) is 11.7. The number of hydrogen-bond donors (Lipinski definition) is 2. The van der Waals surface area contributed by atoms with Crippen LogP contribution in [0.2, 0.25) is 0 Å². The van der Waals surface area contributed by atoms with Crippen molar-refractivity contribution in [2.75, 3.05) is 0 Å². The highest BCUT2D eigenvalue weighted by molar-refractivity contribution is 5.91. The van der Waals surface area contributed by atoms with Gasteiger partial charge in [-0.3, -0.25) is 0 Å². The second kappa shape index (κ2) is 4.14. The quantitative estimate of drug-likeness (QED) is 0.809. The maximum absolute atomic E-state index is 9.92. The Hall–Kier alpha value is -1.54. The molecule has 0 aromatic heterocycles. The number of fused-ring (bicyclic) bond motifs is 1. The smallest absolute Gasteiger partial charge is 0.119 e. The van der Waals surface area contributed by atoms with Crippen LogP contribution in [0.4, 0.5) is 0 Å². The molecule has 2 heteroatoms. The van der Waals surface area contributed by atoms with Crippen LogP contribution in [0.3, 0.4) is 0 Å². The lowest BCUT2D eigenvalue weighted by Crippen LogP contribution is -1.95. The molecule has 0 heterocycles. The predicted molar refractivity (Wildman–Crippen MR) is 65.6 cm³/mol. The van der Waals surface area contributed by atoms with E-state index in [0.29, 0.717) is 5.75 Å². The average Bonchev–Trinajstić information content (AvgIpc) is 2.27. The zero-order valence-corrected chi connectivity index (χ0v) is 9.57. The van der Waals surface area contributed by atoms with Gasteiger partial charge in [-0.1, -0.05) is 38.1 Å². The van der Waals surface area contributed by atoms with E-state index in [1.54, 1.807) is 6.07 Å². The van der Waals surface area contributed by atoms with Crippen molar-refractivity contribution in [2.24, 2.45) is 0 Å². The molecule has 84 valence electrons. The third-order valence-corrected chi connectivity index (χ3v) is 2.90. The Morgan fingerprint density at radius 1 is 1.12 bits per heavy atom. The summed E-state index contributed by atoms with van der Waals surface area (Å²) < 4.78 is 0. The summed E-state index contributed by atoms with van der Waals surface area (Å²) in [5.41, 5.74) is 1.79. The van der Waals surface area contributed by atoms with Crippen LogP contribution in [-0.4, -0.2) is 10.2 Å². The van der Waals surface area contributed by atoms with Crippen molar-refractivity contribution in [2.45, 2.75) is 26.4 Å². The number of phenolic OH excluding ortho intramolecular Hbond substituents is 1. The number of phenols is 1. The highest BCUT2D eigenvalue weighted by Gasteiger charge is 2.13. The molecular formula is C14H16O2. The zero-order valence-electron chi connectivity index (χ0n) is 9.57. The Bertz CT molecular complexity index is 515. The van der Waals surface area contributed by atoms with Crippen LogP contribution in [0, 0.1) is 0 Å². The van der Waals surface area contributed by atoms with Crippen LogP contribution in [0.15, 0.2) is 30.3 Å². The van der Waals surface area contributed by atoms with Crippen LogP contribution in [0.25, 0.3) is 10.8 Å². The number of benzene rings is 2. The molecule has 0 bridgehead atoms. The number of aliphatic hydroxyl groups is 1. The molecule has 0 fully saturated rings. The SMILES string of the molecule is CC(C)c1c(O)ccc2cccc(CO)c12. The van der Waals surface area contributed by atoms with Gasteiger partial charge in [0.15, 0.2) is 0 Å². The molecular weight excluding hydrogens is 200 g/mol. The normalized spacial score (nSPS) is 11.2. The fourth-order valence-electron chi connectivity index (χ4n) is 2.19. The van der Waals surface area contributed by atoms with Crippen molar-refractivity contribution in [1.82, 2.24) is 0 Å². The standard InChI is InChI=1S/C14H16O2/c1-9(2)13-12(16)7-6-10-4-3-5-11(8-15)14(10)13/h3-7,9,15-16H,8H2,1-2H3. The first-order valence-electron chi connectivity index (χ1n) is 5.49. The molecule has 2 aromatic carbocycles. The highest BCUT2D eigenvalue weighted by atomic mass is 16.3. The molecule has 0 saturated heterocycles. The lowest BCUT2D eigenvalue weighted by molar-refractivity contribution is 0.283. The van der Waals surface area contributed by atoms with Gasteiger partial charge in [-0.15, -0.1) is 0 Å². The monoisotopic (exact) mass is 216 g/mol. The Morgan fingerprint density at radius 2 is 1.88 bits per heavy atom. The molecule has 0 saturated carbocycles. The first-order chi connectivity index (χ1) is 7.65. The van der Waals surface area contributed by atoms with Crippen molar-refractivity contribution < 1.29 is 10.2 Å². The molecule has 2 aromatic rings. The molecule has 0 atom stereocenters. The van der Waals surface area contributed by atoms with E-state index in [9.17, 15) is 10.2 Å². The molecule has 2 nitrogen and oxygen atoms in total. The van der Waals surface area contributed by atoms with Crippen molar-refractivity contribution in [3.63, 3.8) is 0 Å². The lowest BCUT2D eigenvalue weighted by atomic mass is 9.92. The average molecular weight is 216 g/mol. The van der Waals surface area contributed by atoms with Gasteiger partial charge in [-0.05, 0) is 28.3 Å². The van der Waals surface area contributed by atoms with Crippen molar-refractivity contribution in [3.05, 3.63) is 41.5 Å². The fraction of sp³-hybridized carbons (Fsp3) is 0.286. The van der Waals surface area contributed by atoms with Gasteiger partial charge in [0.25, 0.3) is 0 Å². The second-order valence-corrected chi connectivity index (χ2v) is 4.33. The van der Waals surface area contributed by atoms with E-state index in [0.717, 1.165) is 21.9 Å².